The first kappa shape index (κ1) is 17.0. The highest BCUT2D eigenvalue weighted by Gasteiger charge is 2.25. The number of aryl methyl sites for hydroxylation is 1. The smallest absolute Gasteiger partial charge is 0.293 e. The SMILES string of the molecule is CCCc1ccc(NC(=O)c2ccc(NC3CC3)c([N+](=O)[O-])c2)cc1. The fraction of sp³-hybridized carbons (Fsp3) is 0.316. The average molecular weight is 339 g/mol. The Hall–Kier alpha value is -2.89. The van der Waals surface area contributed by atoms with Gasteiger partial charge in [0.2, 0.25) is 0 Å². The molecule has 0 saturated heterocycles. The van der Waals surface area contributed by atoms with E-state index in [4.69, 9.17) is 0 Å². The van der Waals surface area contributed by atoms with Crippen LogP contribution in [-0.4, -0.2) is 16.9 Å². The predicted octanol–water partition coefficient (Wildman–Crippen LogP) is 4.37. The van der Waals surface area contributed by atoms with Crippen LogP contribution in [0.2, 0.25) is 0 Å². The van der Waals surface area contributed by atoms with Gasteiger partial charge in [-0.2, -0.15) is 0 Å². The van der Waals surface area contributed by atoms with Gasteiger partial charge in [0, 0.05) is 23.4 Å². The molecule has 0 aliphatic heterocycles. The lowest BCUT2D eigenvalue weighted by atomic mass is 10.1. The van der Waals surface area contributed by atoms with Crippen molar-refractivity contribution in [3.05, 3.63) is 63.7 Å². The largest absolute Gasteiger partial charge is 0.377 e. The molecule has 1 aliphatic carbocycles. The van der Waals surface area contributed by atoms with Crippen LogP contribution in [0.25, 0.3) is 0 Å². The molecule has 25 heavy (non-hydrogen) atoms. The molecule has 0 bridgehead atoms. The fourth-order valence-corrected chi connectivity index (χ4v) is 2.64. The molecule has 6 nitrogen and oxygen atoms in total. The van der Waals surface area contributed by atoms with E-state index >= 15 is 0 Å². The Bertz CT molecular complexity index is 783. The summed E-state index contributed by atoms with van der Waals surface area (Å²) in [5, 5.41) is 17.2. The maximum atomic E-state index is 12.4. The van der Waals surface area contributed by atoms with Gasteiger partial charge >= 0.3 is 0 Å². The number of benzene rings is 2. The molecule has 0 radical (unpaired) electrons. The molecule has 130 valence electrons. The summed E-state index contributed by atoms with van der Waals surface area (Å²) in [4.78, 5) is 23.2. The molecule has 6 heteroatoms. The van der Waals surface area contributed by atoms with Crippen molar-refractivity contribution in [3.63, 3.8) is 0 Å². The van der Waals surface area contributed by atoms with E-state index in [0.29, 0.717) is 17.4 Å². The standard InChI is InChI=1S/C19H21N3O3/c1-2-3-13-4-7-16(8-5-13)21-19(23)14-6-11-17(20-15-9-10-15)18(12-14)22(24)25/h4-8,11-12,15,20H,2-3,9-10H2,1H3,(H,21,23). The van der Waals surface area contributed by atoms with Crippen molar-refractivity contribution in [2.24, 2.45) is 0 Å². The van der Waals surface area contributed by atoms with Crippen LogP contribution in [0.3, 0.4) is 0 Å². The molecule has 0 aromatic heterocycles. The third-order valence-electron chi connectivity index (χ3n) is 4.14. The molecule has 1 aliphatic rings. The quantitative estimate of drug-likeness (QED) is 0.579. The normalized spacial score (nSPS) is 13.3. The first-order chi connectivity index (χ1) is 12.1. The molecule has 1 fully saturated rings. The minimum Gasteiger partial charge on any atom is -0.377 e. The van der Waals surface area contributed by atoms with Crippen LogP contribution in [0, 0.1) is 10.1 Å². The summed E-state index contributed by atoms with van der Waals surface area (Å²) in [6.45, 7) is 2.12. The number of amides is 1. The second-order valence-electron chi connectivity index (χ2n) is 6.31. The molecule has 1 amide bonds. The van der Waals surface area contributed by atoms with Gasteiger partial charge < -0.3 is 10.6 Å². The van der Waals surface area contributed by atoms with Crippen molar-refractivity contribution in [2.75, 3.05) is 10.6 Å². The molecule has 2 aromatic rings. The second-order valence-corrected chi connectivity index (χ2v) is 6.31. The van der Waals surface area contributed by atoms with Gasteiger partial charge in [-0.3, -0.25) is 14.9 Å². The molecule has 3 rings (SSSR count). The molecule has 0 atom stereocenters. The third kappa shape index (κ3) is 4.35. The Balaban J connectivity index is 1.74. The van der Waals surface area contributed by atoms with Gasteiger partial charge in [-0.25, -0.2) is 0 Å². The van der Waals surface area contributed by atoms with Crippen LogP contribution in [0.4, 0.5) is 17.1 Å². The van der Waals surface area contributed by atoms with E-state index in [1.807, 2.05) is 24.3 Å². The van der Waals surface area contributed by atoms with E-state index in [-0.39, 0.29) is 17.2 Å². The fourth-order valence-electron chi connectivity index (χ4n) is 2.64. The molecular formula is C19H21N3O3. The molecular weight excluding hydrogens is 318 g/mol. The molecule has 1 saturated carbocycles. The Labute approximate surface area is 146 Å². The zero-order chi connectivity index (χ0) is 17.8. The highest BCUT2D eigenvalue weighted by molar-refractivity contribution is 6.05. The van der Waals surface area contributed by atoms with Gasteiger partial charge in [0.05, 0.1) is 4.92 Å². The summed E-state index contributed by atoms with van der Waals surface area (Å²) in [5.41, 5.74) is 2.55. The number of carbonyl (C=O) groups excluding carboxylic acids is 1. The summed E-state index contributed by atoms with van der Waals surface area (Å²) in [6, 6.07) is 12.5. The lowest BCUT2D eigenvalue weighted by Gasteiger charge is -2.09. The van der Waals surface area contributed by atoms with Gasteiger partial charge in [0.25, 0.3) is 11.6 Å². The summed E-state index contributed by atoms with van der Waals surface area (Å²) in [6.07, 6.45) is 4.10. The number of hydrogen-bond acceptors (Lipinski definition) is 4. The van der Waals surface area contributed by atoms with E-state index < -0.39 is 4.92 Å². The molecule has 2 N–H and O–H groups in total. The third-order valence-corrected chi connectivity index (χ3v) is 4.14. The van der Waals surface area contributed by atoms with Crippen molar-refractivity contribution in [1.29, 1.82) is 0 Å². The minimum absolute atomic E-state index is 0.0714. The highest BCUT2D eigenvalue weighted by Crippen LogP contribution is 2.31. The zero-order valence-electron chi connectivity index (χ0n) is 14.1. The number of anilines is 2. The van der Waals surface area contributed by atoms with Crippen molar-refractivity contribution >= 4 is 23.0 Å². The summed E-state index contributed by atoms with van der Waals surface area (Å²) in [7, 11) is 0. The monoisotopic (exact) mass is 339 g/mol. The predicted molar refractivity (Wildman–Crippen MR) is 98.1 cm³/mol. The Morgan fingerprint density at radius 1 is 1.20 bits per heavy atom. The summed E-state index contributed by atoms with van der Waals surface area (Å²) >= 11 is 0. The Kier molecular flexibility index (Phi) is 4.97. The summed E-state index contributed by atoms with van der Waals surface area (Å²) < 4.78 is 0. The van der Waals surface area contributed by atoms with Crippen LogP contribution in [-0.2, 0) is 6.42 Å². The van der Waals surface area contributed by atoms with Crippen LogP contribution in [0.15, 0.2) is 42.5 Å². The molecule has 0 spiro atoms. The first-order valence-corrected chi connectivity index (χ1v) is 8.52. The molecule has 0 heterocycles. The molecule has 2 aromatic carbocycles. The summed E-state index contributed by atoms with van der Waals surface area (Å²) in [5.74, 6) is -0.357. The van der Waals surface area contributed by atoms with Crippen LogP contribution >= 0.6 is 0 Å². The number of nitrogens with zero attached hydrogens (tertiary/aromatic N) is 1. The van der Waals surface area contributed by atoms with Gasteiger partial charge in [-0.15, -0.1) is 0 Å². The van der Waals surface area contributed by atoms with E-state index in [2.05, 4.69) is 17.6 Å². The Morgan fingerprint density at radius 2 is 1.92 bits per heavy atom. The number of nitrogens with one attached hydrogen (secondary N) is 2. The maximum Gasteiger partial charge on any atom is 0.293 e. The van der Waals surface area contributed by atoms with Crippen molar-refractivity contribution in [1.82, 2.24) is 0 Å². The van der Waals surface area contributed by atoms with E-state index in [9.17, 15) is 14.9 Å². The van der Waals surface area contributed by atoms with E-state index in [1.54, 1.807) is 12.1 Å². The average Bonchev–Trinajstić information content (AvgIpc) is 3.41. The topological polar surface area (TPSA) is 84.3 Å². The van der Waals surface area contributed by atoms with Gasteiger partial charge in [0.15, 0.2) is 0 Å². The first-order valence-electron chi connectivity index (χ1n) is 8.52. The number of carbonyl (C=O) groups is 1. The highest BCUT2D eigenvalue weighted by atomic mass is 16.6. The van der Waals surface area contributed by atoms with Gasteiger partial charge in [-0.1, -0.05) is 25.5 Å². The lowest BCUT2D eigenvalue weighted by molar-refractivity contribution is -0.384. The van der Waals surface area contributed by atoms with Gasteiger partial charge in [-0.05, 0) is 49.1 Å². The molecule has 0 unspecified atom stereocenters. The number of hydrogen-bond donors (Lipinski definition) is 2. The van der Waals surface area contributed by atoms with E-state index in [0.717, 1.165) is 25.7 Å². The number of rotatable bonds is 7. The zero-order valence-corrected chi connectivity index (χ0v) is 14.1. The number of nitro groups is 1. The van der Waals surface area contributed by atoms with Crippen molar-refractivity contribution in [3.8, 4) is 0 Å². The van der Waals surface area contributed by atoms with Crippen LogP contribution < -0.4 is 10.6 Å². The maximum absolute atomic E-state index is 12.4. The Morgan fingerprint density at radius 3 is 2.52 bits per heavy atom. The number of nitro benzene ring substituents is 1. The lowest BCUT2D eigenvalue weighted by Crippen LogP contribution is -2.13. The van der Waals surface area contributed by atoms with Crippen molar-refractivity contribution < 1.29 is 9.72 Å². The van der Waals surface area contributed by atoms with Crippen LogP contribution in [0.5, 0.6) is 0 Å². The van der Waals surface area contributed by atoms with Crippen LogP contribution in [0.1, 0.15) is 42.1 Å². The van der Waals surface area contributed by atoms with Crippen molar-refractivity contribution in [2.45, 2.75) is 38.6 Å². The second kappa shape index (κ2) is 7.34. The minimum atomic E-state index is -0.457. The van der Waals surface area contributed by atoms with E-state index in [1.165, 1.54) is 11.6 Å². The van der Waals surface area contributed by atoms with Gasteiger partial charge in [0.1, 0.15) is 5.69 Å².